The number of para-hydroxylation sites is 1. The molecule has 0 bridgehead atoms. The number of carbonyl (C=O) groups is 1. The molecule has 0 radical (unpaired) electrons. The van der Waals surface area contributed by atoms with Crippen LogP contribution in [0.25, 0.3) is 0 Å². The zero-order valence-electron chi connectivity index (χ0n) is 12.0. The maximum atomic E-state index is 11.6. The fourth-order valence-electron chi connectivity index (χ4n) is 4.68. The summed E-state index contributed by atoms with van der Waals surface area (Å²) in [5.41, 5.74) is 1.84. The highest BCUT2D eigenvalue weighted by molar-refractivity contribution is 5.90. The molecule has 4 nitrogen and oxygen atoms in total. The van der Waals surface area contributed by atoms with Gasteiger partial charge in [-0.25, -0.2) is 0 Å². The topological polar surface area (TPSA) is 61.7 Å². The van der Waals surface area contributed by atoms with Crippen LogP contribution < -0.4 is 5.32 Å². The van der Waals surface area contributed by atoms with Gasteiger partial charge in [0, 0.05) is 11.8 Å². The number of aliphatic imine (C=N–C) groups is 1. The van der Waals surface area contributed by atoms with Crippen LogP contribution in [0.1, 0.15) is 44.1 Å². The van der Waals surface area contributed by atoms with Gasteiger partial charge in [0.05, 0.1) is 11.1 Å². The Balaban J connectivity index is 1.86. The van der Waals surface area contributed by atoms with E-state index >= 15 is 0 Å². The molecule has 1 saturated heterocycles. The van der Waals surface area contributed by atoms with E-state index in [9.17, 15) is 9.90 Å². The molecule has 1 aliphatic carbocycles. The van der Waals surface area contributed by atoms with Crippen LogP contribution in [0.5, 0.6) is 0 Å². The van der Waals surface area contributed by atoms with E-state index in [0.717, 1.165) is 31.4 Å². The predicted molar refractivity (Wildman–Crippen MR) is 81.3 cm³/mol. The Kier molecular flexibility index (Phi) is 2.73. The number of benzene rings is 1. The molecule has 1 saturated carbocycles. The highest BCUT2D eigenvalue weighted by Gasteiger charge is 2.61. The number of carboxylic acids is 1. The van der Waals surface area contributed by atoms with Crippen molar-refractivity contribution in [3.8, 4) is 0 Å². The van der Waals surface area contributed by atoms with Gasteiger partial charge < -0.3 is 5.11 Å². The summed E-state index contributed by atoms with van der Waals surface area (Å²) >= 11 is 0. The van der Waals surface area contributed by atoms with Gasteiger partial charge in [0.15, 0.2) is 0 Å². The molecule has 1 aromatic carbocycles. The number of fused-ring (bicyclic) bond motifs is 3. The van der Waals surface area contributed by atoms with Gasteiger partial charge in [-0.15, -0.1) is 0 Å². The Morgan fingerprint density at radius 2 is 2.00 bits per heavy atom. The maximum Gasteiger partial charge on any atom is 0.320 e. The molecule has 4 rings (SSSR count). The molecule has 2 spiro atoms. The number of hydrogen-bond acceptors (Lipinski definition) is 3. The van der Waals surface area contributed by atoms with Crippen molar-refractivity contribution in [1.82, 2.24) is 5.32 Å². The van der Waals surface area contributed by atoms with Crippen molar-refractivity contribution in [3.63, 3.8) is 0 Å². The van der Waals surface area contributed by atoms with Crippen molar-refractivity contribution in [1.29, 1.82) is 0 Å². The smallest absolute Gasteiger partial charge is 0.320 e. The van der Waals surface area contributed by atoms with Gasteiger partial charge in [-0.1, -0.05) is 37.5 Å². The fraction of sp³-hybridized carbons (Fsp3) is 0.529. The average Bonchev–Trinajstić information content (AvgIpc) is 3.02. The molecule has 110 valence electrons. The summed E-state index contributed by atoms with van der Waals surface area (Å²) < 4.78 is 0. The monoisotopic (exact) mass is 284 g/mol. The van der Waals surface area contributed by atoms with Gasteiger partial charge in [0.25, 0.3) is 0 Å². The highest BCUT2D eigenvalue weighted by Crippen LogP contribution is 2.55. The Morgan fingerprint density at radius 3 is 2.76 bits per heavy atom. The van der Waals surface area contributed by atoms with Gasteiger partial charge in [0.1, 0.15) is 6.04 Å². The van der Waals surface area contributed by atoms with Crippen LogP contribution in [0.4, 0.5) is 5.69 Å². The second kappa shape index (κ2) is 4.41. The summed E-state index contributed by atoms with van der Waals surface area (Å²) in [6.45, 7) is 0. The van der Waals surface area contributed by atoms with Crippen LogP contribution in [0.3, 0.4) is 0 Å². The minimum Gasteiger partial charge on any atom is -0.480 e. The first-order valence-electron chi connectivity index (χ1n) is 7.82. The van der Waals surface area contributed by atoms with Gasteiger partial charge >= 0.3 is 5.97 Å². The molecule has 21 heavy (non-hydrogen) atoms. The van der Waals surface area contributed by atoms with Crippen LogP contribution >= 0.6 is 0 Å². The van der Waals surface area contributed by atoms with E-state index in [0.29, 0.717) is 6.42 Å². The largest absolute Gasteiger partial charge is 0.480 e. The van der Waals surface area contributed by atoms with E-state index in [1.807, 2.05) is 24.4 Å². The molecule has 2 fully saturated rings. The number of nitrogens with zero attached hydrogens (tertiary/aromatic N) is 1. The third-order valence-electron chi connectivity index (χ3n) is 5.64. The van der Waals surface area contributed by atoms with Gasteiger partial charge in [0.2, 0.25) is 0 Å². The van der Waals surface area contributed by atoms with Crippen LogP contribution in [0.15, 0.2) is 29.3 Å². The van der Waals surface area contributed by atoms with Crippen LogP contribution in [-0.4, -0.2) is 28.9 Å². The van der Waals surface area contributed by atoms with E-state index < -0.39 is 12.0 Å². The van der Waals surface area contributed by atoms with E-state index in [-0.39, 0.29) is 11.0 Å². The lowest BCUT2D eigenvalue weighted by molar-refractivity contribution is -0.139. The summed E-state index contributed by atoms with van der Waals surface area (Å²) in [6, 6.07) is 7.73. The van der Waals surface area contributed by atoms with Crippen LogP contribution in [0, 0.1) is 0 Å². The van der Waals surface area contributed by atoms with Gasteiger partial charge in [-0.3, -0.25) is 15.1 Å². The number of rotatable bonds is 1. The second-order valence-corrected chi connectivity index (χ2v) is 6.63. The van der Waals surface area contributed by atoms with Gasteiger partial charge in [-0.05, 0) is 30.9 Å². The molecule has 2 heterocycles. The minimum absolute atomic E-state index is 0.135. The molecule has 2 unspecified atom stereocenters. The predicted octanol–water partition coefficient (Wildman–Crippen LogP) is 2.79. The molecule has 0 amide bonds. The SMILES string of the molecule is O=C(O)C1CC2(C=Nc3ccccc32)C2(CCCCC2)N1. The first-order chi connectivity index (χ1) is 10.2. The molecular formula is C17H20N2O2. The van der Waals surface area contributed by atoms with Gasteiger partial charge in [-0.2, -0.15) is 0 Å². The number of carboxylic acid groups (broad SMARTS) is 1. The number of nitrogens with one attached hydrogen (secondary N) is 1. The molecule has 2 N–H and O–H groups in total. The third kappa shape index (κ3) is 1.65. The first kappa shape index (κ1) is 13.0. The Hall–Kier alpha value is -1.68. The molecule has 2 aliphatic heterocycles. The maximum absolute atomic E-state index is 11.6. The van der Waals surface area contributed by atoms with Crippen molar-refractivity contribution >= 4 is 17.9 Å². The summed E-state index contributed by atoms with van der Waals surface area (Å²) in [5, 5.41) is 13.0. The lowest BCUT2D eigenvalue weighted by atomic mass is 9.61. The summed E-state index contributed by atoms with van der Waals surface area (Å²) in [6.07, 6.45) is 8.31. The van der Waals surface area contributed by atoms with Crippen molar-refractivity contribution < 1.29 is 9.90 Å². The average molecular weight is 284 g/mol. The first-order valence-corrected chi connectivity index (χ1v) is 7.82. The van der Waals surface area contributed by atoms with E-state index in [2.05, 4.69) is 16.4 Å². The van der Waals surface area contributed by atoms with Crippen molar-refractivity contribution in [3.05, 3.63) is 29.8 Å². The number of hydrogen-bond donors (Lipinski definition) is 2. The molecule has 1 aromatic rings. The molecule has 2 atom stereocenters. The molecular weight excluding hydrogens is 264 g/mol. The number of aliphatic carboxylic acids is 1. The Labute approximate surface area is 124 Å². The minimum atomic E-state index is -0.741. The Morgan fingerprint density at radius 1 is 1.24 bits per heavy atom. The second-order valence-electron chi connectivity index (χ2n) is 6.63. The zero-order valence-corrected chi connectivity index (χ0v) is 12.0. The summed E-state index contributed by atoms with van der Waals surface area (Å²) in [5.74, 6) is -0.741. The molecule has 3 aliphatic rings. The molecule has 0 aromatic heterocycles. The van der Waals surface area contributed by atoms with Crippen LogP contribution in [-0.2, 0) is 10.2 Å². The summed E-state index contributed by atoms with van der Waals surface area (Å²) in [7, 11) is 0. The van der Waals surface area contributed by atoms with Crippen LogP contribution in [0.2, 0.25) is 0 Å². The highest BCUT2D eigenvalue weighted by atomic mass is 16.4. The third-order valence-corrected chi connectivity index (χ3v) is 5.64. The molecule has 4 heteroatoms. The van der Waals surface area contributed by atoms with Crippen molar-refractivity contribution in [2.75, 3.05) is 0 Å². The fourth-order valence-corrected chi connectivity index (χ4v) is 4.68. The van der Waals surface area contributed by atoms with E-state index in [1.165, 1.54) is 12.0 Å². The lowest BCUT2D eigenvalue weighted by Crippen LogP contribution is -2.56. The Bertz CT molecular complexity index is 619. The standard InChI is InChI=1S/C17H20N2O2/c20-15(21)14-10-16(17(19-14)8-4-1-5-9-17)11-18-13-7-3-2-6-12(13)16/h2-3,6-7,11,14,19H,1,4-5,8-10H2,(H,20,21). The van der Waals surface area contributed by atoms with E-state index in [4.69, 9.17) is 0 Å². The quantitative estimate of drug-likeness (QED) is 0.833. The van der Waals surface area contributed by atoms with Crippen molar-refractivity contribution in [2.45, 2.75) is 55.5 Å². The normalized spacial score (nSPS) is 32.7. The lowest BCUT2D eigenvalue weighted by Gasteiger charge is -2.45. The zero-order chi connectivity index (χ0) is 14.5. The summed E-state index contributed by atoms with van der Waals surface area (Å²) in [4.78, 5) is 16.2. The van der Waals surface area contributed by atoms with E-state index in [1.54, 1.807) is 0 Å². The van der Waals surface area contributed by atoms with Crippen molar-refractivity contribution in [2.24, 2.45) is 4.99 Å².